The average Bonchev–Trinajstić information content (AvgIpc) is 3.26. The Morgan fingerprint density at radius 2 is 1.72 bits per heavy atom. The Bertz CT molecular complexity index is 2910. The highest BCUT2D eigenvalue weighted by molar-refractivity contribution is 7.98. The third-order valence-corrected chi connectivity index (χ3v) is 8.70. The molecule has 0 aliphatic carbocycles. The largest absolute Gasteiger partial charge is 0.416 e. The fourth-order valence-electron chi connectivity index (χ4n) is 5.02. The second kappa shape index (κ2) is 16.7. The molecule has 0 bridgehead atoms. The monoisotopic (exact) mass is 766 g/mol. The maximum absolute atomic E-state index is 15.6. The second-order valence-electron chi connectivity index (χ2n) is 11.3. The number of piperidine rings is 1. The fourth-order valence-corrected chi connectivity index (χ4v) is 5.97. The van der Waals surface area contributed by atoms with Crippen LogP contribution in [0.2, 0.25) is 0 Å². The van der Waals surface area contributed by atoms with Crippen molar-refractivity contribution in [2.24, 2.45) is 0 Å². The zero-order valence-electron chi connectivity index (χ0n) is 44.8. The molecular formula is C41H40F5N3O3S. The summed E-state index contributed by atoms with van der Waals surface area (Å²) in [5, 5.41) is -1.88. The maximum atomic E-state index is 15.6. The predicted octanol–water partition coefficient (Wildman–Crippen LogP) is 8.71. The van der Waals surface area contributed by atoms with Gasteiger partial charge in [0.25, 0.3) is 0 Å². The van der Waals surface area contributed by atoms with Crippen LogP contribution < -0.4 is 5.43 Å². The number of halogens is 5. The van der Waals surface area contributed by atoms with Crippen molar-refractivity contribution in [2.75, 3.05) is 33.2 Å². The van der Waals surface area contributed by atoms with Crippen LogP contribution in [-0.4, -0.2) is 59.5 Å². The molecule has 53 heavy (non-hydrogen) atoms. The minimum Gasteiger partial charge on any atom is -0.383 e. The van der Waals surface area contributed by atoms with Gasteiger partial charge in [-0.2, -0.15) is 13.2 Å². The van der Waals surface area contributed by atoms with Crippen LogP contribution in [-0.2, 0) is 34.5 Å². The van der Waals surface area contributed by atoms with E-state index in [2.05, 4.69) is 0 Å². The summed E-state index contributed by atoms with van der Waals surface area (Å²) in [6.07, 6.45) is -13.4. The van der Waals surface area contributed by atoms with Crippen molar-refractivity contribution < 1.29 is 54.8 Å². The van der Waals surface area contributed by atoms with Gasteiger partial charge < -0.3 is 19.1 Å². The molecule has 5 aromatic rings. The number of likely N-dealkylation sites (tertiary alicyclic amines) is 1. The molecule has 0 atom stereocenters. The first kappa shape index (κ1) is 22.0. The summed E-state index contributed by atoms with van der Waals surface area (Å²) in [5.74, 6) is -5.79. The van der Waals surface area contributed by atoms with E-state index < -0.39 is 149 Å². The average molecular weight is 767 g/mol. The highest BCUT2D eigenvalue weighted by Crippen LogP contribution is 2.32. The van der Waals surface area contributed by atoms with E-state index in [-0.39, 0.29) is 43.5 Å². The van der Waals surface area contributed by atoms with E-state index in [1.807, 2.05) is 0 Å². The van der Waals surface area contributed by atoms with Crippen LogP contribution in [0.3, 0.4) is 0 Å². The lowest BCUT2D eigenvalue weighted by Gasteiger charge is -2.39. The van der Waals surface area contributed by atoms with E-state index in [0.29, 0.717) is 0 Å². The number of alkyl halides is 3. The van der Waals surface area contributed by atoms with Crippen molar-refractivity contribution in [1.82, 2.24) is 14.4 Å². The van der Waals surface area contributed by atoms with Gasteiger partial charge in [0, 0.05) is 75.6 Å². The second-order valence-corrected chi connectivity index (χ2v) is 12.3. The zero-order valence-corrected chi connectivity index (χ0v) is 28.7. The van der Waals surface area contributed by atoms with Crippen molar-refractivity contribution >= 4 is 28.6 Å². The summed E-state index contributed by atoms with van der Waals surface area (Å²) in [6, 6.07) is 3.19. The first-order chi connectivity index (χ1) is 32.0. The van der Waals surface area contributed by atoms with E-state index in [9.17, 15) is 32.0 Å². The number of carbonyl (C=O) groups is 1. The molecule has 0 unspecified atom stereocenters. The Labute approximate surface area is 333 Å². The van der Waals surface area contributed by atoms with Crippen molar-refractivity contribution in [2.45, 2.75) is 55.7 Å². The van der Waals surface area contributed by atoms with Crippen molar-refractivity contribution in [3.05, 3.63) is 135 Å². The van der Waals surface area contributed by atoms with Crippen LogP contribution in [0.1, 0.15) is 58.3 Å². The number of fused-ring (bicyclic) bond motifs is 1. The van der Waals surface area contributed by atoms with Gasteiger partial charge in [-0.25, -0.2) is 8.78 Å². The number of amides is 1. The Morgan fingerprint density at radius 1 is 1.04 bits per heavy atom. The minimum absolute atomic E-state index is 0.138. The Morgan fingerprint density at radius 3 is 2.38 bits per heavy atom. The molecule has 6 nitrogen and oxygen atoms in total. The molecule has 4 aromatic carbocycles. The van der Waals surface area contributed by atoms with Gasteiger partial charge in [-0.3, -0.25) is 9.59 Å². The third kappa shape index (κ3) is 9.17. The van der Waals surface area contributed by atoms with Crippen LogP contribution in [0.4, 0.5) is 22.0 Å². The number of carbonyl (C=O) groups excluding carboxylic acids is 1. The maximum Gasteiger partial charge on any atom is 0.416 e. The Hall–Kier alpha value is -4.52. The van der Waals surface area contributed by atoms with E-state index in [0.717, 1.165) is 68.6 Å². The number of pyridine rings is 1. The molecular weight excluding hydrogens is 710 g/mol. The lowest BCUT2D eigenvalue weighted by Crippen LogP contribution is -2.48. The smallest absolute Gasteiger partial charge is 0.383 e. The van der Waals surface area contributed by atoms with Gasteiger partial charge in [0.15, 0.2) is 17.1 Å². The number of aromatic nitrogens is 1. The summed E-state index contributed by atoms with van der Waals surface area (Å²) in [7, 11) is 0.914. The van der Waals surface area contributed by atoms with Crippen LogP contribution >= 0.6 is 11.8 Å². The Balaban J connectivity index is 1.66. The van der Waals surface area contributed by atoms with E-state index >= 15 is 9.18 Å². The van der Waals surface area contributed by atoms with Crippen molar-refractivity contribution in [1.29, 1.82) is 0 Å². The molecule has 1 fully saturated rings. The SMILES string of the molecule is [2H]c1c(C)c([2H])c2c(=O)c([2H])c(SCc3cccc(F)c3F)n(C([2H])([2H])C(=O)N(Cc3ccc(-c4ccc(C(F)(F)F)cc4)cc3)C3([2H])C([2H])([2H])C([2H])([2H])N(C([2H])([2H])COC)C([2H])([2H])C3([2H])[2H])c2c1[2H]. The number of hydrogen-bond donors (Lipinski definition) is 0. The van der Waals surface area contributed by atoms with Crippen LogP contribution in [0, 0.1) is 18.6 Å². The molecule has 278 valence electrons. The summed E-state index contributed by atoms with van der Waals surface area (Å²) in [5.41, 5.74) is -4.00. The highest BCUT2D eigenvalue weighted by atomic mass is 32.2. The first-order valence-electron chi connectivity index (χ1n) is 24.1. The van der Waals surface area contributed by atoms with Gasteiger partial charge in [-0.1, -0.05) is 60.1 Å². The topological polar surface area (TPSA) is 54.8 Å². The quantitative estimate of drug-likeness (QED) is 0.0940. The summed E-state index contributed by atoms with van der Waals surface area (Å²) in [6.45, 7) is -17.3. The summed E-state index contributed by atoms with van der Waals surface area (Å²) in [4.78, 5) is 28.8. The molecule has 1 aliphatic rings. The van der Waals surface area contributed by atoms with Crippen molar-refractivity contribution in [3.63, 3.8) is 0 Å². The number of hydrogen-bond acceptors (Lipinski definition) is 5. The number of methoxy groups -OCH3 is 1. The van der Waals surface area contributed by atoms with E-state index in [4.69, 9.17) is 18.4 Å². The number of rotatable bonds is 12. The van der Waals surface area contributed by atoms with Crippen LogP contribution in [0.15, 0.2) is 101 Å². The molecule has 6 rings (SSSR count). The molecule has 1 aliphatic heterocycles. The zero-order chi connectivity index (χ0) is 52.9. The van der Waals surface area contributed by atoms with Gasteiger partial charge in [-0.05, 0) is 66.6 Å². The highest BCUT2D eigenvalue weighted by Gasteiger charge is 2.31. The molecule has 1 amide bonds. The summed E-state index contributed by atoms with van der Waals surface area (Å²) >= 11 is 0.221. The van der Waals surface area contributed by atoms with Crippen molar-refractivity contribution in [3.8, 4) is 11.1 Å². The van der Waals surface area contributed by atoms with Gasteiger partial charge in [0.2, 0.25) is 5.91 Å². The summed E-state index contributed by atoms with van der Waals surface area (Å²) < 4.78 is 228. The molecule has 0 spiro atoms. The number of benzene rings is 4. The fraction of sp³-hybridized carbons (Fsp3) is 0.317. The number of nitrogens with zero attached hydrogens (tertiary/aromatic N) is 3. The third-order valence-electron chi connectivity index (χ3n) is 7.69. The number of ether oxygens (including phenoxy) is 1. The normalized spacial score (nSPS) is 23.8. The molecule has 2 heterocycles. The van der Waals surface area contributed by atoms with E-state index in [1.165, 1.54) is 12.1 Å². The van der Waals surface area contributed by atoms with Crippen LogP contribution in [0.25, 0.3) is 22.0 Å². The minimum atomic E-state index is -4.68. The molecule has 0 saturated carbocycles. The number of thioether (sulfide) groups is 1. The lowest BCUT2D eigenvalue weighted by molar-refractivity contribution is -0.137. The standard InChI is InChI=1S/C41H40F5N3O3S/c1-27-6-15-36-34(22-27)37(50)23-39(53-26-31-4-3-5-35(42)40(31)43)49(36)25-38(51)48(33-16-18-47(19-17-33)20-21-52-2)24-28-7-9-29(10-8-28)30-11-13-32(14-12-30)41(44,45)46/h3-15,22-23,33H,16-21,24-26H2,1-2H3/i6D,15D,16D2,17D2,18D2,19D2,20D2,22D,23D,25D2,33D. The predicted molar refractivity (Wildman–Crippen MR) is 198 cm³/mol. The van der Waals surface area contributed by atoms with Gasteiger partial charge in [-0.15, -0.1) is 11.8 Å². The van der Waals surface area contributed by atoms with Gasteiger partial charge in [0.05, 0.1) is 32.3 Å². The van der Waals surface area contributed by atoms with E-state index in [1.54, 1.807) is 0 Å². The van der Waals surface area contributed by atoms with Crippen LogP contribution in [0.5, 0.6) is 0 Å². The molecule has 12 heteroatoms. The van der Waals surface area contributed by atoms with Gasteiger partial charge in [0.1, 0.15) is 6.50 Å². The molecule has 1 saturated heterocycles. The molecule has 0 radical (unpaired) electrons. The molecule has 1 aromatic heterocycles. The lowest BCUT2D eigenvalue weighted by atomic mass is 10.00. The molecule has 0 N–H and O–H groups in total. The Kier molecular flexibility index (Phi) is 6.91. The first-order valence-corrected chi connectivity index (χ1v) is 16.6. The van der Waals surface area contributed by atoms with Gasteiger partial charge >= 0.3 is 6.18 Å².